The lowest BCUT2D eigenvalue weighted by atomic mass is 10.3. The fourth-order valence-electron chi connectivity index (χ4n) is 1.83. The molecular weight excluding hydrogens is 288 g/mol. The van der Waals surface area contributed by atoms with Crippen molar-refractivity contribution in [1.82, 2.24) is 14.3 Å². The van der Waals surface area contributed by atoms with E-state index in [2.05, 4.69) is 15.3 Å². The quantitative estimate of drug-likeness (QED) is 0.879. The van der Waals surface area contributed by atoms with Crippen LogP contribution in [0.1, 0.15) is 12.6 Å². The summed E-state index contributed by atoms with van der Waals surface area (Å²) >= 11 is 0. The molecule has 1 N–H and O–H groups in total. The molecule has 7 heteroatoms. The third kappa shape index (κ3) is 3.77. The van der Waals surface area contributed by atoms with Crippen LogP contribution in [0.25, 0.3) is 0 Å². The average molecular weight is 306 g/mol. The normalized spacial score (nSPS) is 11.6. The summed E-state index contributed by atoms with van der Waals surface area (Å²) < 4.78 is 26.3. The van der Waals surface area contributed by atoms with Gasteiger partial charge in [0, 0.05) is 32.1 Å². The van der Waals surface area contributed by atoms with Gasteiger partial charge in [0.25, 0.3) is 0 Å². The highest BCUT2D eigenvalue weighted by Gasteiger charge is 2.21. The third-order valence-electron chi connectivity index (χ3n) is 2.91. The predicted molar refractivity (Wildman–Crippen MR) is 81.3 cm³/mol. The molecule has 2 rings (SSSR count). The topological polar surface area (TPSA) is 75.2 Å². The molecule has 112 valence electrons. The first kappa shape index (κ1) is 15.4. The number of aromatic nitrogens is 2. The van der Waals surface area contributed by atoms with E-state index in [4.69, 9.17) is 0 Å². The summed E-state index contributed by atoms with van der Waals surface area (Å²) in [6.45, 7) is 2.83. The van der Waals surface area contributed by atoms with Crippen molar-refractivity contribution < 1.29 is 8.42 Å². The Labute approximate surface area is 124 Å². The van der Waals surface area contributed by atoms with Crippen LogP contribution in [0.2, 0.25) is 0 Å². The number of hydrogen-bond acceptors (Lipinski definition) is 5. The molecule has 21 heavy (non-hydrogen) atoms. The van der Waals surface area contributed by atoms with Gasteiger partial charge in [-0.1, -0.05) is 6.07 Å². The summed E-state index contributed by atoms with van der Waals surface area (Å²) in [6, 6.07) is 8.45. The summed E-state index contributed by atoms with van der Waals surface area (Å²) in [4.78, 5) is 8.44. The van der Waals surface area contributed by atoms with Crippen LogP contribution < -0.4 is 5.32 Å². The van der Waals surface area contributed by atoms with Crippen LogP contribution in [0.4, 0.5) is 5.82 Å². The lowest BCUT2D eigenvalue weighted by Crippen LogP contribution is -2.27. The molecule has 0 aliphatic carbocycles. The summed E-state index contributed by atoms with van der Waals surface area (Å²) in [5.74, 6) is 0.546. The Kier molecular flexibility index (Phi) is 4.87. The van der Waals surface area contributed by atoms with E-state index in [9.17, 15) is 8.42 Å². The Morgan fingerprint density at radius 1 is 1.19 bits per heavy atom. The zero-order valence-electron chi connectivity index (χ0n) is 12.0. The molecule has 2 aromatic heterocycles. The van der Waals surface area contributed by atoms with Gasteiger partial charge >= 0.3 is 0 Å². The van der Waals surface area contributed by atoms with E-state index < -0.39 is 10.0 Å². The Bertz CT molecular complexity index is 689. The first-order valence-electron chi connectivity index (χ1n) is 6.60. The predicted octanol–water partition coefficient (Wildman–Crippen LogP) is 1.73. The van der Waals surface area contributed by atoms with Crippen molar-refractivity contribution in [2.45, 2.75) is 18.4 Å². The second-order valence-electron chi connectivity index (χ2n) is 4.49. The Morgan fingerprint density at radius 2 is 2.00 bits per heavy atom. The Morgan fingerprint density at radius 3 is 2.67 bits per heavy atom. The van der Waals surface area contributed by atoms with Crippen LogP contribution >= 0.6 is 0 Å². The van der Waals surface area contributed by atoms with Gasteiger partial charge in [-0.25, -0.2) is 13.4 Å². The molecule has 0 aliphatic rings. The highest BCUT2D eigenvalue weighted by atomic mass is 32.2. The second kappa shape index (κ2) is 6.64. The molecular formula is C14H18N4O2S. The van der Waals surface area contributed by atoms with E-state index in [1.54, 1.807) is 18.3 Å². The van der Waals surface area contributed by atoms with Crippen molar-refractivity contribution in [3.8, 4) is 0 Å². The van der Waals surface area contributed by atoms with Gasteiger partial charge in [-0.15, -0.1) is 0 Å². The number of sulfonamides is 1. The Hall–Kier alpha value is -1.99. The summed E-state index contributed by atoms with van der Waals surface area (Å²) in [7, 11) is -2.03. The summed E-state index contributed by atoms with van der Waals surface area (Å²) in [6.07, 6.45) is 3.13. The largest absolute Gasteiger partial charge is 0.370 e. The maximum Gasteiger partial charge on any atom is 0.243 e. The third-order valence-corrected chi connectivity index (χ3v) is 4.71. The average Bonchev–Trinajstić information content (AvgIpc) is 2.49. The molecule has 0 bridgehead atoms. The maximum atomic E-state index is 12.5. The standard InChI is InChI=1S/C14H18N4O2S/c1-3-15-14-10-13(7-9-17-14)21(19,20)18(2)11-12-6-4-5-8-16-12/h4-10H,3,11H2,1-2H3,(H,15,17). The van der Waals surface area contributed by atoms with Crippen LogP contribution in [0, 0.1) is 0 Å². The van der Waals surface area contributed by atoms with Gasteiger partial charge in [-0.3, -0.25) is 4.98 Å². The van der Waals surface area contributed by atoms with Gasteiger partial charge in [0.05, 0.1) is 17.1 Å². The molecule has 2 aromatic rings. The van der Waals surface area contributed by atoms with Gasteiger partial charge < -0.3 is 5.32 Å². The van der Waals surface area contributed by atoms with Gasteiger partial charge in [-0.2, -0.15) is 4.31 Å². The summed E-state index contributed by atoms with van der Waals surface area (Å²) in [5, 5.41) is 3.00. The van der Waals surface area contributed by atoms with Gasteiger partial charge in [0.2, 0.25) is 10.0 Å². The van der Waals surface area contributed by atoms with Crippen LogP contribution in [-0.4, -0.2) is 36.3 Å². The molecule has 0 atom stereocenters. The lowest BCUT2D eigenvalue weighted by molar-refractivity contribution is 0.462. The fourth-order valence-corrected chi connectivity index (χ4v) is 2.99. The van der Waals surface area contributed by atoms with E-state index in [1.165, 1.54) is 29.7 Å². The number of anilines is 1. The molecule has 0 spiro atoms. The van der Waals surface area contributed by atoms with Gasteiger partial charge in [0.15, 0.2) is 0 Å². The minimum absolute atomic E-state index is 0.215. The van der Waals surface area contributed by atoms with Crippen molar-refractivity contribution in [3.05, 3.63) is 48.4 Å². The van der Waals surface area contributed by atoms with Gasteiger partial charge in [-0.05, 0) is 25.1 Å². The number of nitrogens with zero attached hydrogens (tertiary/aromatic N) is 3. The molecule has 0 aromatic carbocycles. The first-order chi connectivity index (χ1) is 10.0. The molecule has 0 saturated carbocycles. The van der Waals surface area contributed by atoms with Crippen molar-refractivity contribution in [2.24, 2.45) is 0 Å². The highest BCUT2D eigenvalue weighted by molar-refractivity contribution is 7.89. The second-order valence-corrected chi connectivity index (χ2v) is 6.53. The Balaban J connectivity index is 2.22. The minimum Gasteiger partial charge on any atom is -0.370 e. The monoisotopic (exact) mass is 306 g/mol. The zero-order chi connectivity index (χ0) is 15.3. The molecule has 0 aliphatic heterocycles. The number of rotatable bonds is 6. The minimum atomic E-state index is -3.56. The lowest BCUT2D eigenvalue weighted by Gasteiger charge is -2.17. The van der Waals surface area contributed by atoms with Crippen molar-refractivity contribution >= 4 is 15.8 Å². The van der Waals surface area contributed by atoms with Crippen molar-refractivity contribution in [3.63, 3.8) is 0 Å². The molecule has 0 unspecified atom stereocenters. The van der Waals surface area contributed by atoms with Crippen LogP contribution in [-0.2, 0) is 16.6 Å². The first-order valence-corrected chi connectivity index (χ1v) is 8.04. The smallest absolute Gasteiger partial charge is 0.243 e. The molecule has 0 amide bonds. The van der Waals surface area contributed by atoms with Gasteiger partial charge in [0.1, 0.15) is 5.82 Å². The number of hydrogen-bond donors (Lipinski definition) is 1. The molecule has 0 radical (unpaired) electrons. The molecule has 6 nitrogen and oxygen atoms in total. The van der Waals surface area contributed by atoms with E-state index >= 15 is 0 Å². The van der Waals surface area contributed by atoms with Crippen LogP contribution in [0.5, 0.6) is 0 Å². The van der Waals surface area contributed by atoms with E-state index in [0.717, 1.165) is 0 Å². The number of pyridine rings is 2. The van der Waals surface area contributed by atoms with Crippen molar-refractivity contribution in [2.75, 3.05) is 18.9 Å². The summed E-state index contributed by atoms with van der Waals surface area (Å²) in [5.41, 5.74) is 0.699. The van der Waals surface area contributed by atoms with Crippen LogP contribution in [0.15, 0.2) is 47.6 Å². The van der Waals surface area contributed by atoms with Crippen LogP contribution in [0.3, 0.4) is 0 Å². The maximum absolute atomic E-state index is 12.5. The van der Waals surface area contributed by atoms with Crippen molar-refractivity contribution in [1.29, 1.82) is 0 Å². The molecule has 2 heterocycles. The number of nitrogens with one attached hydrogen (secondary N) is 1. The fraction of sp³-hybridized carbons (Fsp3) is 0.286. The SMILES string of the molecule is CCNc1cc(S(=O)(=O)N(C)Cc2ccccn2)ccn1. The zero-order valence-corrected chi connectivity index (χ0v) is 12.8. The highest BCUT2D eigenvalue weighted by Crippen LogP contribution is 2.18. The van der Waals surface area contributed by atoms with E-state index in [-0.39, 0.29) is 11.4 Å². The van der Waals surface area contributed by atoms with E-state index in [1.807, 2.05) is 13.0 Å². The van der Waals surface area contributed by atoms with E-state index in [0.29, 0.717) is 18.1 Å². The molecule has 0 fully saturated rings. The molecule has 0 saturated heterocycles.